The lowest BCUT2D eigenvalue weighted by Gasteiger charge is -2.34. The zero-order chi connectivity index (χ0) is 12.1. The van der Waals surface area contributed by atoms with Crippen molar-refractivity contribution in [1.29, 1.82) is 0 Å². The third-order valence-electron chi connectivity index (χ3n) is 3.27. The van der Waals surface area contributed by atoms with Gasteiger partial charge in [-0.1, -0.05) is 12.1 Å². The average Bonchev–Trinajstić information content (AvgIpc) is 2.42. The molecule has 0 bridgehead atoms. The van der Waals surface area contributed by atoms with Gasteiger partial charge in [0, 0.05) is 31.1 Å². The maximum Gasteiger partial charge on any atom is 0.0628 e. The highest BCUT2D eigenvalue weighted by atomic mass is 32.2. The normalized spacial score (nSPS) is 19.2. The molecule has 0 saturated carbocycles. The number of thioether (sulfide) groups is 1. The third-order valence-corrected chi connectivity index (χ3v) is 4.01. The number of nitrogens with zero attached hydrogens (tertiary/aromatic N) is 1. The number of hydrogen-bond acceptors (Lipinski definition) is 4. The lowest BCUT2D eigenvalue weighted by Crippen LogP contribution is -2.46. The Kier molecular flexibility index (Phi) is 4.86. The standard InChI is InChI=1S/C13H20N2OS/c1-17-12-4-2-11(3-5-12)13(10-16)15-8-6-14-7-9-15/h2-5,13-14,16H,6-10H2,1H3/t13-/m1/s1. The van der Waals surface area contributed by atoms with Crippen molar-refractivity contribution in [3.63, 3.8) is 0 Å². The molecule has 0 spiro atoms. The van der Waals surface area contributed by atoms with E-state index in [4.69, 9.17) is 0 Å². The zero-order valence-corrected chi connectivity index (χ0v) is 11.0. The first-order chi connectivity index (χ1) is 8.35. The van der Waals surface area contributed by atoms with E-state index in [1.807, 2.05) is 0 Å². The number of rotatable bonds is 4. The summed E-state index contributed by atoms with van der Waals surface area (Å²) in [6.45, 7) is 4.24. The van der Waals surface area contributed by atoms with Crippen LogP contribution in [0, 0.1) is 0 Å². The number of hydrogen-bond donors (Lipinski definition) is 2. The highest BCUT2D eigenvalue weighted by Crippen LogP contribution is 2.23. The highest BCUT2D eigenvalue weighted by molar-refractivity contribution is 7.98. The van der Waals surface area contributed by atoms with Gasteiger partial charge in [0.05, 0.1) is 12.6 Å². The summed E-state index contributed by atoms with van der Waals surface area (Å²) >= 11 is 1.75. The molecule has 1 fully saturated rings. The summed E-state index contributed by atoms with van der Waals surface area (Å²) in [5, 5.41) is 12.9. The van der Waals surface area contributed by atoms with Crippen LogP contribution in [-0.2, 0) is 0 Å². The minimum atomic E-state index is 0.146. The molecule has 1 atom stereocenters. The van der Waals surface area contributed by atoms with Gasteiger partial charge in [0.1, 0.15) is 0 Å². The minimum absolute atomic E-state index is 0.146. The van der Waals surface area contributed by atoms with E-state index in [0.717, 1.165) is 26.2 Å². The lowest BCUT2D eigenvalue weighted by atomic mass is 10.1. The summed E-state index contributed by atoms with van der Waals surface area (Å²) < 4.78 is 0. The van der Waals surface area contributed by atoms with Gasteiger partial charge in [-0.05, 0) is 24.0 Å². The number of nitrogens with one attached hydrogen (secondary N) is 1. The number of piperazine rings is 1. The van der Waals surface area contributed by atoms with Crippen LogP contribution in [0.25, 0.3) is 0 Å². The van der Waals surface area contributed by atoms with Crippen molar-refractivity contribution in [1.82, 2.24) is 10.2 Å². The largest absolute Gasteiger partial charge is 0.394 e. The topological polar surface area (TPSA) is 35.5 Å². The molecule has 1 heterocycles. The minimum Gasteiger partial charge on any atom is -0.394 e. The molecule has 2 N–H and O–H groups in total. The Balaban J connectivity index is 2.10. The Morgan fingerprint density at radius 3 is 2.47 bits per heavy atom. The van der Waals surface area contributed by atoms with E-state index >= 15 is 0 Å². The molecule has 1 aliphatic heterocycles. The van der Waals surface area contributed by atoms with E-state index in [2.05, 4.69) is 40.7 Å². The van der Waals surface area contributed by atoms with E-state index in [1.165, 1.54) is 10.5 Å². The van der Waals surface area contributed by atoms with E-state index in [0.29, 0.717) is 0 Å². The van der Waals surface area contributed by atoms with Crippen LogP contribution in [0.2, 0.25) is 0 Å². The molecular formula is C13H20N2OS. The Hall–Kier alpha value is -0.550. The van der Waals surface area contributed by atoms with E-state index in [9.17, 15) is 5.11 Å². The van der Waals surface area contributed by atoms with Gasteiger partial charge in [0.2, 0.25) is 0 Å². The van der Waals surface area contributed by atoms with Crippen molar-refractivity contribution >= 4 is 11.8 Å². The van der Waals surface area contributed by atoms with Crippen molar-refractivity contribution in [2.45, 2.75) is 10.9 Å². The van der Waals surface area contributed by atoms with Gasteiger partial charge in [0.15, 0.2) is 0 Å². The maximum absolute atomic E-state index is 9.59. The van der Waals surface area contributed by atoms with Crippen LogP contribution >= 0.6 is 11.8 Å². The SMILES string of the molecule is CSc1ccc([C@@H](CO)N2CCNCC2)cc1. The molecule has 0 amide bonds. The van der Waals surface area contributed by atoms with Crippen molar-refractivity contribution in [2.75, 3.05) is 39.0 Å². The fourth-order valence-corrected chi connectivity index (χ4v) is 2.66. The van der Waals surface area contributed by atoms with Crippen LogP contribution in [0.4, 0.5) is 0 Å². The molecule has 0 radical (unpaired) electrons. The summed E-state index contributed by atoms with van der Waals surface area (Å²) in [6, 6.07) is 8.67. The second kappa shape index (κ2) is 6.40. The van der Waals surface area contributed by atoms with Gasteiger partial charge < -0.3 is 10.4 Å². The molecule has 0 unspecified atom stereocenters. The van der Waals surface area contributed by atoms with Gasteiger partial charge in [-0.2, -0.15) is 0 Å². The van der Waals surface area contributed by atoms with Gasteiger partial charge in [0.25, 0.3) is 0 Å². The summed E-state index contributed by atoms with van der Waals surface area (Å²) in [4.78, 5) is 3.62. The molecule has 0 aromatic heterocycles. The molecular weight excluding hydrogens is 232 g/mol. The number of aliphatic hydroxyl groups is 1. The van der Waals surface area contributed by atoms with Crippen molar-refractivity contribution in [3.8, 4) is 0 Å². The first-order valence-electron chi connectivity index (χ1n) is 6.04. The van der Waals surface area contributed by atoms with E-state index in [-0.39, 0.29) is 12.6 Å². The molecule has 2 rings (SSSR count). The molecule has 4 heteroatoms. The second-order valence-corrected chi connectivity index (χ2v) is 5.14. The van der Waals surface area contributed by atoms with Crippen molar-refractivity contribution in [2.24, 2.45) is 0 Å². The Morgan fingerprint density at radius 1 is 1.29 bits per heavy atom. The van der Waals surface area contributed by atoms with Gasteiger partial charge in [-0.25, -0.2) is 0 Å². The van der Waals surface area contributed by atoms with Crippen LogP contribution < -0.4 is 5.32 Å². The highest BCUT2D eigenvalue weighted by Gasteiger charge is 2.21. The lowest BCUT2D eigenvalue weighted by molar-refractivity contribution is 0.111. The summed E-state index contributed by atoms with van der Waals surface area (Å²) in [7, 11) is 0. The van der Waals surface area contributed by atoms with Gasteiger partial charge >= 0.3 is 0 Å². The first-order valence-corrected chi connectivity index (χ1v) is 7.27. The van der Waals surface area contributed by atoms with Crippen LogP contribution in [0.15, 0.2) is 29.2 Å². The smallest absolute Gasteiger partial charge is 0.0628 e. The third kappa shape index (κ3) is 3.22. The van der Waals surface area contributed by atoms with Crippen molar-refractivity contribution < 1.29 is 5.11 Å². The predicted octanol–water partition coefficient (Wildman–Crippen LogP) is 1.35. The maximum atomic E-state index is 9.59. The summed E-state index contributed by atoms with van der Waals surface area (Å²) in [5.41, 5.74) is 1.22. The summed E-state index contributed by atoms with van der Waals surface area (Å²) in [6.07, 6.45) is 2.08. The van der Waals surface area contributed by atoms with E-state index in [1.54, 1.807) is 11.8 Å². The number of benzene rings is 1. The quantitative estimate of drug-likeness (QED) is 0.793. The molecule has 1 aromatic rings. The van der Waals surface area contributed by atoms with Crippen molar-refractivity contribution in [3.05, 3.63) is 29.8 Å². The molecule has 1 aliphatic rings. The van der Waals surface area contributed by atoms with Crippen LogP contribution in [-0.4, -0.2) is 49.0 Å². The molecule has 1 saturated heterocycles. The fourth-order valence-electron chi connectivity index (χ4n) is 2.25. The Bertz CT molecular complexity index is 336. The number of aliphatic hydroxyl groups excluding tert-OH is 1. The van der Waals surface area contributed by atoms with Gasteiger partial charge in [-0.15, -0.1) is 11.8 Å². The first kappa shape index (κ1) is 12.9. The van der Waals surface area contributed by atoms with Crippen LogP contribution in [0.5, 0.6) is 0 Å². The second-order valence-electron chi connectivity index (χ2n) is 4.26. The van der Waals surface area contributed by atoms with E-state index < -0.39 is 0 Å². The van der Waals surface area contributed by atoms with Gasteiger partial charge in [-0.3, -0.25) is 4.90 Å². The molecule has 94 valence electrons. The van der Waals surface area contributed by atoms with Crippen LogP contribution in [0.1, 0.15) is 11.6 Å². The van der Waals surface area contributed by atoms with Crippen LogP contribution in [0.3, 0.4) is 0 Å². The predicted molar refractivity (Wildman–Crippen MR) is 72.5 cm³/mol. The molecule has 0 aliphatic carbocycles. The monoisotopic (exact) mass is 252 g/mol. The molecule has 17 heavy (non-hydrogen) atoms. The molecule has 1 aromatic carbocycles. The fraction of sp³-hybridized carbons (Fsp3) is 0.538. The Morgan fingerprint density at radius 2 is 1.94 bits per heavy atom. The zero-order valence-electron chi connectivity index (χ0n) is 10.2. The molecule has 3 nitrogen and oxygen atoms in total. The average molecular weight is 252 g/mol. The summed E-state index contributed by atoms with van der Waals surface area (Å²) in [5.74, 6) is 0. The Labute approximate surface area is 107 Å².